The van der Waals surface area contributed by atoms with E-state index in [2.05, 4.69) is 0 Å². The zero-order valence-corrected chi connectivity index (χ0v) is 15.1. The van der Waals surface area contributed by atoms with Gasteiger partial charge in [-0.25, -0.2) is 0 Å². The molecular weight excluding hydrogens is 360 g/mol. The number of fused-ring (bicyclic) bond motifs is 2. The van der Waals surface area contributed by atoms with Crippen LogP contribution in [0.5, 0.6) is 11.5 Å². The summed E-state index contributed by atoms with van der Waals surface area (Å²) in [6, 6.07) is 11.4. The third-order valence-corrected chi connectivity index (χ3v) is 5.55. The van der Waals surface area contributed by atoms with Crippen LogP contribution in [-0.2, 0) is 14.3 Å². The number of carbonyl (C=O) groups excluding carboxylic acids is 2. The fourth-order valence-corrected chi connectivity index (χ4v) is 4.44. The van der Waals surface area contributed by atoms with Gasteiger partial charge in [0.1, 0.15) is 17.6 Å². The Kier molecular flexibility index (Phi) is 3.61. The van der Waals surface area contributed by atoms with Gasteiger partial charge in [-0.3, -0.25) is 9.59 Å². The van der Waals surface area contributed by atoms with Crippen LogP contribution in [-0.4, -0.2) is 34.9 Å². The Hall–Kier alpha value is -3.12. The average Bonchev–Trinajstić information content (AvgIpc) is 2.66. The maximum absolute atomic E-state index is 12.6. The molecule has 6 nitrogen and oxygen atoms in total. The van der Waals surface area contributed by atoms with E-state index in [9.17, 15) is 14.7 Å². The van der Waals surface area contributed by atoms with E-state index in [-0.39, 0.29) is 5.78 Å². The van der Waals surface area contributed by atoms with E-state index in [0.29, 0.717) is 11.5 Å². The van der Waals surface area contributed by atoms with Crippen molar-refractivity contribution in [3.63, 3.8) is 0 Å². The number of aliphatic hydroxyl groups is 1. The van der Waals surface area contributed by atoms with Crippen LogP contribution in [0.1, 0.15) is 6.92 Å². The molecular formula is C22H18O6. The van der Waals surface area contributed by atoms with Gasteiger partial charge in [-0.15, -0.1) is 0 Å². The molecule has 4 atom stereocenters. The minimum atomic E-state index is -1.38. The van der Waals surface area contributed by atoms with Gasteiger partial charge < -0.3 is 19.3 Å². The van der Waals surface area contributed by atoms with Gasteiger partial charge >= 0.3 is 5.97 Å². The summed E-state index contributed by atoms with van der Waals surface area (Å²) in [6.07, 6.45) is 4.22. The molecule has 142 valence electrons. The second kappa shape index (κ2) is 5.94. The van der Waals surface area contributed by atoms with Gasteiger partial charge in [0, 0.05) is 13.0 Å². The fraction of sp³-hybridized carbons (Fsp3) is 0.273. The number of allylic oxidation sites excluding steroid dienone is 1. The minimum absolute atomic E-state index is 0.256. The molecule has 6 heteroatoms. The van der Waals surface area contributed by atoms with E-state index in [1.54, 1.807) is 12.2 Å². The lowest BCUT2D eigenvalue weighted by Crippen LogP contribution is -2.62. The highest BCUT2D eigenvalue weighted by atomic mass is 16.7. The Morgan fingerprint density at radius 3 is 2.43 bits per heavy atom. The van der Waals surface area contributed by atoms with E-state index in [1.807, 2.05) is 36.4 Å². The van der Waals surface area contributed by atoms with Gasteiger partial charge in [-0.1, -0.05) is 30.3 Å². The van der Waals surface area contributed by atoms with E-state index in [1.165, 1.54) is 19.1 Å². The van der Waals surface area contributed by atoms with Crippen LogP contribution < -0.4 is 9.47 Å². The minimum Gasteiger partial charge on any atom is -0.458 e. The molecule has 0 saturated carbocycles. The SMILES string of the molecule is CC(=O)O[C@H]1C=C[C@@H](O)[C@H]2C(=O)C=CC3(Oc4cccc5cccc(c45)O3)[C@@H]21. The molecule has 28 heavy (non-hydrogen) atoms. The summed E-state index contributed by atoms with van der Waals surface area (Å²) in [6.45, 7) is 1.31. The lowest BCUT2D eigenvalue weighted by molar-refractivity contribution is -0.191. The van der Waals surface area contributed by atoms with Crippen molar-refractivity contribution in [3.8, 4) is 11.5 Å². The van der Waals surface area contributed by atoms with Crippen LogP contribution in [0, 0.1) is 11.8 Å². The number of ether oxygens (including phenoxy) is 3. The highest BCUT2D eigenvalue weighted by Gasteiger charge is 2.59. The first kappa shape index (κ1) is 17.0. The van der Waals surface area contributed by atoms with Crippen LogP contribution in [0.15, 0.2) is 60.7 Å². The topological polar surface area (TPSA) is 82.1 Å². The van der Waals surface area contributed by atoms with E-state index in [4.69, 9.17) is 14.2 Å². The van der Waals surface area contributed by atoms with Crippen LogP contribution in [0.25, 0.3) is 10.8 Å². The van der Waals surface area contributed by atoms with Crippen molar-refractivity contribution < 1.29 is 28.9 Å². The number of hydrogen-bond donors (Lipinski definition) is 1. The summed E-state index contributed by atoms with van der Waals surface area (Å²) in [5.41, 5.74) is 0. The highest BCUT2D eigenvalue weighted by molar-refractivity contribution is 5.96. The van der Waals surface area contributed by atoms with Crippen molar-refractivity contribution in [2.24, 2.45) is 11.8 Å². The second-order valence-electron chi connectivity index (χ2n) is 7.27. The predicted molar refractivity (Wildman–Crippen MR) is 99.8 cm³/mol. The first-order valence-electron chi connectivity index (χ1n) is 9.15. The molecule has 1 heterocycles. The summed E-state index contributed by atoms with van der Waals surface area (Å²) in [7, 11) is 0. The Balaban J connectivity index is 1.68. The third kappa shape index (κ3) is 2.38. The Morgan fingerprint density at radius 1 is 1.11 bits per heavy atom. The molecule has 2 aromatic carbocycles. The van der Waals surface area contributed by atoms with Crippen molar-refractivity contribution in [1.82, 2.24) is 0 Å². The molecule has 0 amide bonds. The molecule has 3 aliphatic rings. The number of esters is 1. The lowest BCUT2D eigenvalue weighted by atomic mass is 9.69. The zero-order chi connectivity index (χ0) is 19.5. The Labute approximate surface area is 161 Å². The number of benzene rings is 2. The molecule has 0 radical (unpaired) electrons. The summed E-state index contributed by atoms with van der Waals surface area (Å²) in [4.78, 5) is 24.3. The van der Waals surface area contributed by atoms with Gasteiger partial charge in [0.05, 0.1) is 23.3 Å². The number of aliphatic hydroxyl groups excluding tert-OH is 1. The van der Waals surface area contributed by atoms with Gasteiger partial charge in [-0.05, 0) is 29.7 Å². The first-order chi connectivity index (χ1) is 13.5. The van der Waals surface area contributed by atoms with Crippen LogP contribution in [0.4, 0.5) is 0 Å². The molecule has 0 saturated heterocycles. The second-order valence-corrected chi connectivity index (χ2v) is 7.27. The third-order valence-electron chi connectivity index (χ3n) is 5.55. The van der Waals surface area contributed by atoms with Crippen molar-refractivity contribution in [2.45, 2.75) is 24.9 Å². The maximum Gasteiger partial charge on any atom is 0.303 e. The number of hydrogen-bond acceptors (Lipinski definition) is 6. The number of carbonyl (C=O) groups is 2. The highest BCUT2D eigenvalue weighted by Crippen LogP contribution is 2.50. The Bertz CT molecular complexity index is 1010. The van der Waals surface area contributed by atoms with Crippen molar-refractivity contribution in [1.29, 1.82) is 0 Å². The van der Waals surface area contributed by atoms with Crippen LogP contribution >= 0.6 is 0 Å². The van der Waals surface area contributed by atoms with Gasteiger partial charge in [0.15, 0.2) is 5.78 Å². The molecule has 2 aliphatic carbocycles. The molecule has 0 aromatic heterocycles. The Morgan fingerprint density at radius 2 is 1.79 bits per heavy atom. The number of rotatable bonds is 1. The average molecular weight is 378 g/mol. The monoisotopic (exact) mass is 378 g/mol. The van der Waals surface area contributed by atoms with Crippen molar-refractivity contribution in [3.05, 3.63) is 60.7 Å². The largest absolute Gasteiger partial charge is 0.458 e. The van der Waals surface area contributed by atoms with Gasteiger partial charge in [0.25, 0.3) is 5.79 Å². The predicted octanol–water partition coefficient (Wildman–Crippen LogP) is 2.54. The van der Waals surface area contributed by atoms with Gasteiger partial charge in [-0.2, -0.15) is 0 Å². The normalized spacial score (nSPS) is 29.1. The summed E-state index contributed by atoms with van der Waals surface area (Å²) in [5.74, 6) is -2.48. The standard InChI is InChI=1S/C22H18O6/c1-12(23)26-18-9-8-14(24)20-15(25)10-11-22(21(18)20)27-16-6-2-4-13-5-3-7-17(28-22)19(13)16/h2-11,14,18,20-21,24H,1H3/t14-,18+,20+,21-/m1/s1. The van der Waals surface area contributed by atoms with Crippen molar-refractivity contribution >= 4 is 22.5 Å². The van der Waals surface area contributed by atoms with Crippen molar-refractivity contribution in [2.75, 3.05) is 0 Å². The summed E-state index contributed by atoms with van der Waals surface area (Å²) in [5, 5.41) is 12.3. The molecule has 0 bridgehead atoms. The summed E-state index contributed by atoms with van der Waals surface area (Å²) >= 11 is 0. The molecule has 5 rings (SSSR count). The van der Waals surface area contributed by atoms with E-state index >= 15 is 0 Å². The molecule has 2 aromatic rings. The van der Waals surface area contributed by atoms with E-state index < -0.39 is 35.8 Å². The van der Waals surface area contributed by atoms with Crippen LogP contribution in [0.2, 0.25) is 0 Å². The quantitative estimate of drug-likeness (QED) is 0.607. The molecule has 1 spiro atoms. The smallest absolute Gasteiger partial charge is 0.303 e. The van der Waals surface area contributed by atoms with E-state index in [0.717, 1.165) is 10.8 Å². The molecule has 1 aliphatic heterocycles. The zero-order valence-electron chi connectivity index (χ0n) is 15.1. The lowest BCUT2D eigenvalue weighted by Gasteiger charge is -2.49. The molecule has 0 fully saturated rings. The molecule has 1 N–H and O–H groups in total. The maximum atomic E-state index is 12.6. The first-order valence-corrected chi connectivity index (χ1v) is 9.15. The summed E-state index contributed by atoms with van der Waals surface area (Å²) < 4.78 is 18.1. The molecule has 0 unspecified atom stereocenters. The fourth-order valence-electron chi connectivity index (χ4n) is 4.44. The number of ketones is 1. The van der Waals surface area contributed by atoms with Crippen LogP contribution in [0.3, 0.4) is 0 Å². The van der Waals surface area contributed by atoms with Gasteiger partial charge in [0.2, 0.25) is 0 Å².